The highest BCUT2D eigenvalue weighted by Gasteiger charge is 2.16. The van der Waals surface area contributed by atoms with Crippen LogP contribution in [-0.4, -0.2) is 40.8 Å². The number of hydrogen-bond acceptors (Lipinski definition) is 5. The second-order valence-corrected chi connectivity index (χ2v) is 4.42. The van der Waals surface area contributed by atoms with Gasteiger partial charge in [0, 0.05) is 24.8 Å². The zero-order valence-corrected chi connectivity index (χ0v) is 11.6. The summed E-state index contributed by atoms with van der Waals surface area (Å²) in [6.45, 7) is 3.27. The van der Waals surface area contributed by atoms with Crippen LogP contribution in [0.25, 0.3) is 0 Å². The highest BCUT2D eigenvalue weighted by atomic mass is 35.5. The van der Waals surface area contributed by atoms with Crippen LogP contribution in [-0.2, 0) is 0 Å². The molecule has 19 heavy (non-hydrogen) atoms. The third-order valence-electron chi connectivity index (χ3n) is 2.71. The number of oxime groups is 1. The van der Waals surface area contributed by atoms with Gasteiger partial charge >= 0.3 is 0 Å². The summed E-state index contributed by atoms with van der Waals surface area (Å²) in [5.74, 6) is 0.473. The molecular formula is C12H19ClN4O2. The first kappa shape index (κ1) is 15.5. The average Bonchev–Trinajstić information content (AvgIpc) is 2.43. The van der Waals surface area contributed by atoms with Crippen molar-refractivity contribution in [3.63, 3.8) is 0 Å². The molecule has 7 heteroatoms. The first-order valence-corrected chi connectivity index (χ1v) is 6.51. The Balaban J connectivity index is 3.09. The van der Waals surface area contributed by atoms with E-state index in [1.54, 1.807) is 12.3 Å². The van der Waals surface area contributed by atoms with Crippen LogP contribution in [0.2, 0.25) is 5.02 Å². The zero-order chi connectivity index (χ0) is 14.3. The molecule has 1 aromatic rings. The quantitative estimate of drug-likeness (QED) is 0.305. The first-order valence-electron chi connectivity index (χ1n) is 6.13. The first-order chi connectivity index (χ1) is 9.15. The predicted molar refractivity (Wildman–Crippen MR) is 76.0 cm³/mol. The molecule has 0 aliphatic rings. The van der Waals surface area contributed by atoms with E-state index in [0.717, 1.165) is 19.4 Å². The minimum Gasteiger partial charge on any atom is -0.409 e. The fraction of sp³-hybridized carbons (Fsp3) is 0.500. The van der Waals surface area contributed by atoms with Crippen LogP contribution in [0, 0.1) is 0 Å². The van der Waals surface area contributed by atoms with Crippen LogP contribution in [0.1, 0.15) is 25.3 Å². The Morgan fingerprint density at radius 2 is 2.26 bits per heavy atom. The number of rotatable bonds is 7. The third-order valence-corrected chi connectivity index (χ3v) is 3.08. The van der Waals surface area contributed by atoms with E-state index in [2.05, 4.69) is 17.1 Å². The van der Waals surface area contributed by atoms with E-state index >= 15 is 0 Å². The van der Waals surface area contributed by atoms with Crippen LogP contribution in [0.4, 0.5) is 5.82 Å². The van der Waals surface area contributed by atoms with Crippen molar-refractivity contribution in [3.8, 4) is 0 Å². The van der Waals surface area contributed by atoms with Gasteiger partial charge < -0.3 is 20.9 Å². The molecular weight excluding hydrogens is 268 g/mol. The summed E-state index contributed by atoms with van der Waals surface area (Å²) in [4.78, 5) is 6.11. The molecule has 0 spiro atoms. The molecule has 1 rings (SSSR count). The number of halogens is 1. The molecule has 0 fully saturated rings. The normalized spacial score (nSPS) is 11.6. The maximum atomic E-state index is 9.11. The lowest BCUT2D eigenvalue weighted by molar-refractivity contribution is 0.301. The van der Waals surface area contributed by atoms with Gasteiger partial charge in [0.2, 0.25) is 0 Å². The maximum absolute atomic E-state index is 9.11. The summed E-state index contributed by atoms with van der Waals surface area (Å²) >= 11 is 6.23. The molecule has 0 amide bonds. The molecule has 4 N–H and O–H groups in total. The number of anilines is 1. The molecule has 1 heterocycles. The molecule has 0 unspecified atom stereocenters. The van der Waals surface area contributed by atoms with Gasteiger partial charge in [-0.25, -0.2) is 4.98 Å². The lowest BCUT2D eigenvalue weighted by atomic mass is 10.2. The molecule has 0 saturated carbocycles. The van der Waals surface area contributed by atoms with E-state index in [1.165, 1.54) is 0 Å². The van der Waals surface area contributed by atoms with E-state index in [4.69, 9.17) is 27.6 Å². The standard InChI is InChI=1S/C12H19ClN4O2/c1-2-3-6-17(7-8-18)12-10(13)9(4-5-15-12)11(14)16-19/h4-5,18-19H,2-3,6-8H2,1H3,(H2,14,16). The van der Waals surface area contributed by atoms with Gasteiger partial charge in [0.25, 0.3) is 0 Å². The summed E-state index contributed by atoms with van der Waals surface area (Å²) < 4.78 is 0. The van der Waals surface area contributed by atoms with Crippen molar-refractivity contribution < 1.29 is 10.3 Å². The van der Waals surface area contributed by atoms with Crippen molar-refractivity contribution in [1.29, 1.82) is 0 Å². The Kier molecular flexibility index (Phi) is 6.38. The van der Waals surface area contributed by atoms with Crippen LogP contribution in [0.3, 0.4) is 0 Å². The molecule has 0 saturated heterocycles. The molecule has 1 aromatic heterocycles. The van der Waals surface area contributed by atoms with Crippen LogP contribution in [0.15, 0.2) is 17.4 Å². The fourth-order valence-corrected chi connectivity index (χ4v) is 2.03. The van der Waals surface area contributed by atoms with Crippen molar-refractivity contribution in [2.45, 2.75) is 19.8 Å². The Hall–Kier alpha value is -1.53. The monoisotopic (exact) mass is 286 g/mol. The minimum absolute atomic E-state index is 0.00945. The number of aliphatic hydroxyl groups is 1. The lowest BCUT2D eigenvalue weighted by Crippen LogP contribution is -2.29. The topological polar surface area (TPSA) is 95.0 Å². The van der Waals surface area contributed by atoms with Gasteiger partial charge in [0.05, 0.1) is 11.6 Å². The number of hydrogen-bond donors (Lipinski definition) is 3. The molecule has 0 radical (unpaired) electrons. The molecule has 0 bridgehead atoms. The lowest BCUT2D eigenvalue weighted by Gasteiger charge is -2.24. The van der Waals surface area contributed by atoms with Crippen LogP contribution < -0.4 is 10.6 Å². The van der Waals surface area contributed by atoms with Gasteiger partial charge in [0.15, 0.2) is 5.84 Å². The van der Waals surface area contributed by atoms with E-state index in [-0.39, 0.29) is 12.4 Å². The number of aliphatic hydroxyl groups excluding tert-OH is 1. The minimum atomic E-state index is -0.0620. The van der Waals surface area contributed by atoms with Crippen molar-refractivity contribution in [3.05, 3.63) is 22.8 Å². The Bertz CT molecular complexity index is 440. The van der Waals surface area contributed by atoms with Crippen LogP contribution in [0.5, 0.6) is 0 Å². The van der Waals surface area contributed by atoms with E-state index in [0.29, 0.717) is 22.9 Å². The number of nitrogens with two attached hydrogens (primary N) is 1. The maximum Gasteiger partial charge on any atom is 0.171 e. The highest BCUT2D eigenvalue weighted by Crippen LogP contribution is 2.27. The van der Waals surface area contributed by atoms with Crippen molar-refractivity contribution in [1.82, 2.24) is 4.98 Å². The van der Waals surface area contributed by atoms with Gasteiger partial charge in [-0.1, -0.05) is 30.1 Å². The molecule has 0 aromatic carbocycles. The number of pyridine rings is 1. The molecule has 106 valence electrons. The number of amidine groups is 1. The third kappa shape index (κ3) is 3.97. The zero-order valence-electron chi connectivity index (χ0n) is 10.9. The Labute approximate surface area is 117 Å². The molecule has 0 aliphatic carbocycles. The molecule has 0 atom stereocenters. The molecule has 0 aliphatic heterocycles. The Morgan fingerprint density at radius 1 is 1.53 bits per heavy atom. The van der Waals surface area contributed by atoms with Crippen LogP contribution >= 0.6 is 11.6 Å². The van der Waals surface area contributed by atoms with E-state index in [1.807, 2.05) is 4.90 Å². The van der Waals surface area contributed by atoms with Gasteiger partial charge in [0.1, 0.15) is 5.82 Å². The van der Waals surface area contributed by atoms with Crippen molar-refractivity contribution in [2.75, 3.05) is 24.6 Å². The van der Waals surface area contributed by atoms with Gasteiger partial charge in [-0.3, -0.25) is 0 Å². The summed E-state index contributed by atoms with van der Waals surface area (Å²) in [7, 11) is 0. The molecule has 6 nitrogen and oxygen atoms in total. The summed E-state index contributed by atoms with van der Waals surface area (Å²) in [5, 5.41) is 21.1. The van der Waals surface area contributed by atoms with Crippen molar-refractivity contribution in [2.24, 2.45) is 10.9 Å². The second kappa shape index (κ2) is 7.81. The average molecular weight is 287 g/mol. The van der Waals surface area contributed by atoms with E-state index < -0.39 is 0 Å². The highest BCUT2D eigenvalue weighted by molar-refractivity contribution is 6.36. The number of nitrogens with zero attached hydrogens (tertiary/aromatic N) is 3. The summed E-state index contributed by atoms with van der Waals surface area (Å²) in [6.07, 6.45) is 3.54. The van der Waals surface area contributed by atoms with E-state index in [9.17, 15) is 0 Å². The van der Waals surface area contributed by atoms with Gasteiger partial charge in [-0.05, 0) is 12.5 Å². The second-order valence-electron chi connectivity index (χ2n) is 4.05. The summed E-state index contributed by atoms with van der Waals surface area (Å²) in [6, 6.07) is 1.58. The fourth-order valence-electron chi connectivity index (χ4n) is 1.70. The summed E-state index contributed by atoms with van der Waals surface area (Å²) in [5.41, 5.74) is 5.98. The van der Waals surface area contributed by atoms with Gasteiger partial charge in [-0.2, -0.15) is 0 Å². The number of aromatic nitrogens is 1. The smallest absolute Gasteiger partial charge is 0.171 e. The predicted octanol–water partition coefficient (Wildman–Crippen LogP) is 1.43. The van der Waals surface area contributed by atoms with Crippen molar-refractivity contribution >= 4 is 23.3 Å². The largest absolute Gasteiger partial charge is 0.409 e. The number of unbranched alkanes of at least 4 members (excludes halogenated alkanes) is 1. The van der Waals surface area contributed by atoms with Gasteiger partial charge in [-0.15, -0.1) is 0 Å². The Morgan fingerprint density at radius 3 is 2.84 bits per heavy atom. The SMILES string of the molecule is CCCCN(CCO)c1nccc(/C(N)=N/O)c1Cl.